The fourth-order valence-electron chi connectivity index (χ4n) is 1.84. The fourth-order valence-corrected chi connectivity index (χ4v) is 6.05. The van der Waals surface area contributed by atoms with E-state index in [1.807, 2.05) is 0 Å². The number of hydrogen-bond acceptors (Lipinski definition) is 4. The van der Waals surface area contributed by atoms with Crippen LogP contribution in [0.3, 0.4) is 0 Å². The lowest BCUT2D eigenvalue weighted by atomic mass is 10.0. The highest BCUT2D eigenvalue weighted by molar-refractivity contribution is 9.11. The number of nitrogens with two attached hydrogens (primary N) is 1. The van der Waals surface area contributed by atoms with Gasteiger partial charge in [-0.1, -0.05) is 0 Å². The quantitative estimate of drug-likeness (QED) is 0.739. The van der Waals surface area contributed by atoms with Crippen molar-refractivity contribution in [2.45, 2.75) is 17.4 Å². The van der Waals surface area contributed by atoms with Crippen molar-refractivity contribution in [3.8, 4) is 0 Å². The molecule has 1 aliphatic rings. The van der Waals surface area contributed by atoms with E-state index in [1.54, 1.807) is 6.92 Å². The number of benzene rings is 1. The number of halogens is 2. The molecule has 1 fully saturated rings. The van der Waals surface area contributed by atoms with Crippen LogP contribution < -0.4 is 5.73 Å². The minimum absolute atomic E-state index is 0.0958. The van der Waals surface area contributed by atoms with Crippen molar-refractivity contribution in [1.29, 1.82) is 0 Å². The summed E-state index contributed by atoms with van der Waals surface area (Å²) in [5, 5.41) is 9.63. The van der Waals surface area contributed by atoms with Crippen molar-refractivity contribution in [2.75, 3.05) is 18.8 Å². The van der Waals surface area contributed by atoms with Crippen LogP contribution in [-0.2, 0) is 10.0 Å². The normalized spacial score (nSPS) is 19.6. The van der Waals surface area contributed by atoms with Gasteiger partial charge in [-0.05, 0) is 50.9 Å². The summed E-state index contributed by atoms with van der Waals surface area (Å²) in [6.07, 6.45) is 0. The average Bonchev–Trinajstić information content (AvgIpc) is 2.11. The SMILES string of the molecule is CC1(O)CN(S(=O)(=O)c2c(Br)cc(N)cc2Br)C1. The minimum atomic E-state index is -3.63. The van der Waals surface area contributed by atoms with Crippen LogP contribution in [0.2, 0.25) is 0 Å². The molecule has 2 rings (SSSR count). The lowest BCUT2D eigenvalue weighted by molar-refractivity contribution is -0.0426. The first-order chi connectivity index (χ1) is 8.13. The van der Waals surface area contributed by atoms with Crippen molar-refractivity contribution >= 4 is 47.6 Å². The van der Waals surface area contributed by atoms with Crippen LogP contribution in [0.1, 0.15) is 6.92 Å². The highest BCUT2D eigenvalue weighted by Crippen LogP contribution is 2.37. The van der Waals surface area contributed by atoms with Gasteiger partial charge >= 0.3 is 0 Å². The van der Waals surface area contributed by atoms with Gasteiger partial charge in [0.2, 0.25) is 10.0 Å². The standard InChI is InChI=1S/C10H12Br2N2O3S/c1-10(15)4-14(5-10)18(16,17)9-7(11)2-6(13)3-8(9)12/h2-3,15H,4-5,13H2,1H3. The molecule has 1 aliphatic heterocycles. The molecule has 0 saturated carbocycles. The maximum absolute atomic E-state index is 12.4. The monoisotopic (exact) mass is 398 g/mol. The average molecular weight is 400 g/mol. The zero-order valence-corrected chi connectivity index (χ0v) is 13.5. The van der Waals surface area contributed by atoms with E-state index < -0.39 is 15.6 Å². The summed E-state index contributed by atoms with van der Waals surface area (Å²) in [6, 6.07) is 3.07. The Morgan fingerprint density at radius 3 is 2.17 bits per heavy atom. The van der Waals surface area contributed by atoms with Gasteiger partial charge in [0.25, 0.3) is 0 Å². The number of rotatable bonds is 2. The zero-order valence-electron chi connectivity index (χ0n) is 9.52. The summed E-state index contributed by atoms with van der Waals surface area (Å²) in [7, 11) is -3.63. The Morgan fingerprint density at radius 1 is 1.33 bits per heavy atom. The van der Waals surface area contributed by atoms with Gasteiger partial charge in [-0.15, -0.1) is 0 Å². The van der Waals surface area contributed by atoms with Crippen molar-refractivity contribution in [1.82, 2.24) is 4.31 Å². The van der Waals surface area contributed by atoms with Gasteiger partial charge in [0.05, 0.1) is 5.60 Å². The van der Waals surface area contributed by atoms with Crippen molar-refractivity contribution in [3.05, 3.63) is 21.1 Å². The van der Waals surface area contributed by atoms with Crippen LogP contribution in [0, 0.1) is 0 Å². The zero-order chi connectivity index (χ0) is 13.7. The summed E-state index contributed by atoms with van der Waals surface area (Å²) in [4.78, 5) is 0.132. The summed E-state index contributed by atoms with van der Waals surface area (Å²) >= 11 is 6.41. The molecule has 18 heavy (non-hydrogen) atoms. The first-order valence-electron chi connectivity index (χ1n) is 5.10. The van der Waals surface area contributed by atoms with Crippen molar-refractivity contribution in [2.24, 2.45) is 0 Å². The molecule has 1 aromatic carbocycles. The maximum atomic E-state index is 12.4. The second-order valence-electron chi connectivity index (χ2n) is 4.58. The maximum Gasteiger partial charge on any atom is 0.245 e. The van der Waals surface area contributed by atoms with E-state index in [0.29, 0.717) is 14.6 Å². The molecule has 5 nitrogen and oxygen atoms in total. The highest BCUT2D eigenvalue weighted by Gasteiger charge is 2.45. The van der Waals surface area contributed by atoms with Gasteiger partial charge in [0.1, 0.15) is 4.90 Å². The largest absolute Gasteiger partial charge is 0.399 e. The predicted molar refractivity (Wildman–Crippen MR) is 75.6 cm³/mol. The van der Waals surface area contributed by atoms with Crippen LogP contribution in [0.4, 0.5) is 5.69 Å². The second kappa shape index (κ2) is 4.45. The van der Waals surface area contributed by atoms with E-state index in [2.05, 4.69) is 31.9 Å². The van der Waals surface area contributed by atoms with E-state index in [4.69, 9.17) is 5.73 Å². The Morgan fingerprint density at radius 2 is 1.78 bits per heavy atom. The number of hydrogen-bond donors (Lipinski definition) is 2. The lowest BCUT2D eigenvalue weighted by Crippen LogP contribution is -2.61. The number of nitrogen functional groups attached to an aromatic ring is 1. The molecule has 1 aromatic rings. The van der Waals surface area contributed by atoms with Crippen molar-refractivity contribution in [3.63, 3.8) is 0 Å². The van der Waals surface area contributed by atoms with Crippen LogP contribution >= 0.6 is 31.9 Å². The van der Waals surface area contributed by atoms with Crippen LogP contribution in [-0.4, -0.2) is 36.5 Å². The fraction of sp³-hybridized carbons (Fsp3) is 0.400. The predicted octanol–water partition coefficient (Wildman–Crippen LogP) is 1.55. The molecular weight excluding hydrogens is 388 g/mol. The van der Waals surface area contributed by atoms with E-state index in [1.165, 1.54) is 16.4 Å². The summed E-state index contributed by atoms with van der Waals surface area (Å²) in [6.45, 7) is 1.79. The number of nitrogens with zero attached hydrogens (tertiary/aromatic N) is 1. The Kier molecular flexibility index (Phi) is 3.52. The van der Waals surface area contributed by atoms with E-state index >= 15 is 0 Å². The van der Waals surface area contributed by atoms with Crippen LogP contribution in [0.25, 0.3) is 0 Å². The number of β-amino-alcohol motifs (C(OH)–C–C–N with tert-alkyl or cyclic N) is 1. The molecular formula is C10H12Br2N2O3S. The second-order valence-corrected chi connectivity index (χ2v) is 8.17. The molecule has 0 aliphatic carbocycles. The van der Waals surface area contributed by atoms with Gasteiger partial charge in [-0.25, -0.2) is 8.42 Å². The molecule has 3 N–H and O–H groups in total. The highest BCUT2D eigenvalue weighted by atomic mass is 79.9. The molecule has 0 aromatic heterocycles. The van der Waals surface area contributed by atoms with Gasteiger partial charge in [-0.3, -0.25) is 0 Å². The smallest absolute Gasteiger partial charge is 0.245 e. The molecule has 0 radical (unpaired) electrons. The number of aliphatic hydroxyl groups is 1. The van der Waals surface area contributed by atoms with E-state index in [-0.39, 0.29) is 18.0 Å². The third kappa shape index (κ3) is 2.44. The topological polar surface area (TPSA) is 83.6 Å². The molecule has 100 valence electrons. The van der Waals surface area contributed by atoms with Gasteiger partial charge < -0.3 is 10.8 Å². The minimum Gasteiger partial charge on any atom is -0.399 e. The van der Waals surface area contributed by atoms with Gasteiger partial charge in [-0.2, -0.15) is 4.31 Å². The third-order valence-corrected chi connectivity index (χ3v) is 6.32. The summed E-state index contributed by atoms with van der Waals surface area (Å²) in [5.41, 5.74) is 5.15. The molecule has 0 amide bonds. The van der Waals surface area contributed by atoms with Gasteiger partial charge in [0, 0.05) is 27.7 Å². The van der Waals surface area contributed by atoms with Crippen molar-refractivity contribution < 1.29 is 13.5 Å². The Labute approximate surface area is 122 Å². The third-order valence-electron chi connectivity index (χ3n) is 2.65. The Balaban J connectivity index is 2.44. The molecule has 0 unspecified atom stereocenters. The Hall–Kier alpha value is -0.150. The first kappa shape index (κ1) is 14.3. The van der Waals surface area contributed by atoms with Gasteiger partial charge in [0.15, 0.2) is 0 Å². The molecule has 0 spiro atoms. The first-order valence-corrected chi connectivity index (χ1v) is 8.13. The molecule has 0 bridgehead atoms. The Bertz CT molecular complexity index is 570. The summed E-state index contributed by atoms with van der Waals surface area (Å²) in [5.74, 6) is 0. The number of sulfonamides is 1. The molecule has 8 heteroatoms. The molecule has 1 saturated heterocycles. The van der Waals surface area contributed by atoms with Crippen LogP contribution in [0.5, 0.6) is 0 Å². The summed E-state index contributed by atoms with van der Waals surface area (Å²) < 4.78 is 26.8. The molecule has 0 atom stereocenters. The number of anilines is 1. The van der Waals surface area contributed by atoms with Crippen LogP contribution in [0.15, 0.2) is 26.0 Å². The molecule has 1 heterocycles. The lowest BCUT2D eigenvalue weighted by Gasteiger charge is -2.43. The van der Waals surface area contributed by atoms with E-state index in [9.17, 15) is 13.5 Å². The van der Waals surface area contributed by atoms with E-state index in [0.717, 1.165) is 0 Å².